The van der Waals surface area contributed by atoms with Gasteiger partial charge in [-0.2, -0.15) is 4.67 Å². The SMILES string of the molecule is O=C(O)CN(C1CC1)P(=O)(O)Oc1ccccc1. The standard InChI is InChI=1S/C11H14NO5P/c13-11(14)8-12(9-6-7-9)18(15,16)17-10-4-2-1-3-5-10/h1-5,9H,6-8H2,(H,13,14)(H,15,16). The summed E-state index contributed by atoms with van der Waals surface area (Å²) in [5, 5.41) is 8.76. The fraction of sp³-hybridized carbons (Fsp3) is 0.364. The molecule has 1 fully saturated rings. The Bertz CT molecular complexity index is 474. The number of carboxylic acids is 1. The van der Waals surface area contributed by atoms with Crippen molar-refractivity contribution < 1.29 is 23.9 Å². The van der Waals surface area contributed by atoms with Crippen LogP contribution in [0.2, 0.25) is 0 Å². The van der Waals surface area contributed by atoms with Crippen LogP contribution in [-0.2, 0) is 9.36 Å². The summed E-state index contributed by atoms with van der Waals surface area (Å²) < 4.78 is 18.2. The number of benzene rings is 1. The molecule has 0 heterocycles. The number of carboxylic acid groups (broad SMARTS) is 1. The Morgan fingerprint density at radius 3 is 2.50 bits per heavy atom. The minimum absolute atomic E-state index is 0.180. The Hall–Kier alpha value is -1.36. The van der Waals surface area contributed by atoms with E-state index in [-0.39, 0.29) is 11.8 Å². The van der Waals surface area contributed by atoms with Crippen molar-refractivity contribution in [3.63, 3.8) is 0 Å². The Kier molecular flexibility index (Phi) is 3.71. The van der Waals surface area contributed by atoms with Gasteiger partial charge in [0.15, 0.2) is 0 Å². The zero-order chi connectivity index (χ0) is 13.2. The molecule has 6 nitrogen and oxygen atoms in total. The molecule has 0 amide bonds. The molecule has 1 aliphatic carbocycles. The van der Waals surface area contributed by atoms with E-state index < -0.39 is 20.3 Å². The first-order valence-electron chi connectivity index (χ1n) is 5.55. The molecular weight excluding hydrogens is 257 g/mol. The summed E-state index contributed by atoms with van der Waals surface area (Å²) in [7, 11) is -4.12. The molecule has 1 aromatic carbocycles. The van der Waals surface area contributed by atoms with E-state index >= 15 is 0 Å². The van der Waals surface area contributed by atoms with E-state index in [9.17, 15) is 14.3 Å². The van der Waals surface area contributed by atoms with Crippen LogP contribution in [0.1, 0.15) is 12.8 Å². The minimum Gasteiger partial charge on any atom is -0.480 e. The van der Waals surface area contributed by atoms with E-state index in [1.54, 1.807) is 30.3 Å². The molecule has 0 spiro atoms. The molecule has 0 aromatic heterocycles. The average molecular weight is 271 g/mol. The lowest BCUT2D eigenvalue weighted by molar-refractivity contribution is -0.137. The lowest BCUT2D eigenvalue weighted by Crippen LogP contribution is -2.30. The van der Waals surface area contributed by atoms with Gasteiger partial charge in [-0.15, -0.1) is 0 Å². The van der Waals surface area contributed by atoms with Gasteiger partial charge in [0.1, 0.15) is 12.3 Å². The lowest BCUT2D eigenvalue weighted by Gasteiger charge is -2.24. The third-order valence-electron chi connectivity index (χ3n) is 2.56. The van der Waals surface area contributed by atoms with Gasteiger partial charge >= 0.3 is 13.7 Å². The number of para-hydroxylation sites is 1. The molecular formula is C11H14NO5P. The zero-order valence-electron chi connectivity index (χ0n) is 9.60. The van der Waals surface area contributed by atoms with Gasteiger partial charge in [-0.3, -0.25) is 4.79 Å². The monoisotopic (exact) mass is 271 g/mol. The smallest absolute Gasteiger partial charge is 0.459 e. The summed E-state index contributed by atoms with van der Waals surface area (Å²) in [6.45, 7) is -0.495. The minimum atomic E-state index is -4.12. The largest absolute Gasteiger partial charge is 0.480 e. The molecule has 2 N–H and O–H groups in total. The first-order valence-corrected chi connectivity index (χ1v) is 7.08. The second-order valence-corrected chi connectivity index (χ2v) is 5.79. The molecule has 1 aromatic rings. The highest BCUT2D eigenvalue weighted by Gasteiger charge is 2.43. The summed E-state index contributed by atoms with van der Waals surface area (Å²) in [5.41, 5.74) is 0. The topological polar surface area (TPSA) is 87.1 Å². The van der Waals surface area contributed by atoms with E-state index in [4.69, 9.17) is 9.63 Å². The summed E-state index contributed by atoms with van der Waals surface area (Å²) in [6.07, 6.45) is 1.44. The van der Waals surface area contributed by atoms with Crippen LogP contribution in [-0.4, -0.2) is 33.2 Å². The molecule has 0 saturated heterocycles. The first kappa shape index (κ1) is 13.1. The third-order valence-corrected chi connectivity index (χ3v) is 4.12. The highest BCUT2D eigenvalue weighted by Crippen LogP contribution is 2.51. The molecule has 0 aliphatic heterocycles. The van der Waals surface area contributed by atoms with Crippen molar-refractivity contribution in [2.24, 2.45) is 0 Å². The van der Waals surface area contributed by atoms with Crippen LogP contribution in [0.3, 0.4) is 0 Å². The van der Waals surface area contributed by atoms with Crippen molar-refractivity contribution >= 4 is 13.7 Å². The number of hydrogen-bond donors (Lipinski definition) is 2. The zero-order valence-corrected chi connectivity index (χ0v) is 10.5. The van der Waals surface area contributed by atoms with Crippen molar-refractivity contribution in [1.29, 1.82) is 0 Å². The van der Waals surface area contributed by atoms with Crippen molar-refractivity contribution in [3.05, 3.63) is 30.3 Å². The van der Waals surface area contributed by atoms with E-state index in [0.29, 0.717) is 0 Å². The highest BCUT2D eigenvalue weighted by molar-refractivity contribution is 7.50. The fourth-order valence-electron chi connectivity index (χ4n) is 1.61. The molecule has 1 unspecified atom stereocenters. The van der Waals surface area contributed by atoms with E-state index in [0.717, 1.165) is 17.5 Å². The van der Waals surface area contributed by atoms with Crippen LogP contribution in [0, 0.1) is 0 Å². The molecule has 18 heavy (non-hydrogen) atoms. The fourth-order valence-corrected chi connectivity index (χ4v) is 3.05. The van der Waals surface area contributed by atoms with Gasteiger partial charge in [-0.1, -0.05) is 18.2 Å². The van der Waals surface area contributed by atoms with Gasteiger partial charge in [-0.05, 0) is 25.0 Å². The molecule has 98 valence electrons. The molecule has 0 bridgehead atoms. The van der Waals surface area contributed by atoms with E-state index in [1.807, 2.05) is 0 Å². The lowest BCUT2D eigenvalue weighted by atomic mass is 10.3. The summed E-state index contributed by atoms with van der Waals surface area (Å²) in [5.74, 6) is -0.896. The number of nitrogens with zero attached hydrogens (tertiary/aromatic N) is 1. The Morgan fingerprint density at radius 2 is 2.00 bits per heavy atom. The summed E-state index contributed by atoms with van der Waals surface area (Å²) >= 11 is 0. The predicted octanol–water partition coefficient (Wildman–Crippen LogP) is 1.71. The Morgan fingerprint density at radius 1 is 1.39 bits per heavy atom. The summed E-state index contributed by atoms with van der Waals surface area (Å²) in [4.78, 5) is 20.6. The number of hydrogen-bond acceptors (Lipinski definition) is 3. The highest BCUT2D eigenvalue weighted by atomic mass is 31.2. The number of rotatable bonds is 6. The van der Waals surface area contributed by atoms with Gasteiger partial charge < -0.3 is 14.5 Å². The summed E-state index contributed by atoms with van der Waals surface area (Å²) in [6, 6.07) is 8.02. The first-order chi connectivity index (χ1) is 8.49. The Balaban J connectivity index is 2.12. The maximum Gasteiger partial charge on any atom is 0.459 e. The second kappa shape index (κ2) is 5.10. The molecule has 0 radical (unpaired) electrons. The van der Waals surface area contributed by atoms with E-state index in [2.05, 4.69) is 0 Å². The van der Waals surface area contributed by atoms with Gasteiger partial charge in [0, 0.05) is 6.04 Å². The van der Waals surface area contributed by atoms with Crippen LogP contribution >= 0.6 is 7.75 Å². The van der Waals surface area contributed by atoms with Crippen molar-refractivity contribution in [3.8, 4) is 5.75 Å². The molecule has 7 heteroatoms. The van der Waals surface area contributed by atoms with E-state index in [1.165, 1.54) is 0 Å². The maximum absolute atomic E-state index is 12.1. The second-order valence-electron chi connectivity index (χ2n) is 4.12. The normalized spacial score (nSPS) is 18.3. The molecule has 1 aliphatic rings. The quantitative estimate of drug-likeness (QED) is 0.766. The van der Waals surface area contributed by atoms with Crippen LogP contribution in [0.4, 0.5) is 0 Å². The maximum atomic E-state index is 12.1. The van der Waals surface area contributed by atoms with Crippen LogP contribution in [0.15, 0.2) is 30.3 Å². The van der Waals surface area contributed by atoms with Gasteiger partial charge in [0.25, 0.3) is 0 Å². The predicted molar refractivity (Wildman–Crippen MR) is 64.3 cm³/mol. The van der Waals surface area contributed by atoms with Crippen LogP contribution in [0.5, 0.6) is 5.75 Å². The number of aliphatic carboxylic acids is 1. The molecule has 1 atom stereocenters. The third kappa shape index (κ3) is 3.32. The van der Waals surface area contributed by atoms with Crippen molar-refractivity contribution in [1.82, 2.24) is 4.67 Å². The average Bonchev–Trinajstić information content (AvgIpc) is 3.10. The van der Waals surface area contributed by atoms with Crippen LogP contribution < -0.4 is 4.52 Å². The van der Waals surface area contributed by atoms with Crippen molar-refractivity contribution in [2.75, 3.05) is 6.54 Å². The molecule has 2 rings (SSSR count). The van der Waals surface area contributed by atoms with Gasteiger partial charge in [-0.25, -0.2) is 4.57 Å². The van der Waals surface area contributed by atoms with Gasteiger partial charge in [0.2, 0.25) is 0 Å². The van der Waals surface area contributed by atoms with Crippen molar-refractivity contribution in [2.45, 2.75) is 18.9 Å². The van der Waals surface area contributed by atoms with Crippen LogP contribution in [0.25, 0.3) is 0 Å². The number of carbonyl (C=O) groups is 1. The van der Waals surface area contributed by atoms with Gasteiger partial charge in [0.05, 0.1) is 0 Å². The Labute approximate surface area is 104 Å². The molecule has 1 saturated carbocycles.